The molecule has 1 atom stereocenters. The summed E-state index contributed by atoms with van der Waals surface area (Å²) < 4.78 is 5.06. The molecule has 90 valence electrons. The van der Waals surface area contributed by atoms with Crippen molar-refractivity contribution < 1.29 is 14.6 Å². The van der Waals surface area contributed by atoms with Crippen molar-refractivity contribution in [2.24, 2.45) is 11.1 Å². The molecule has 0 aromatic heterocycles. The molecule has 0 aromatic carbocycles. The van der Waals surface area contributed by atoms with E-state index in [9.17, 15) is 4.79 Å². The smallest absolute Gasteiger partial charge is 0.235 e. The van der Waals surface area contributed by atoms with Gasteiger partial charge in [0.1, 0.15) is 0 Å². The Morgan fingerprint density at radius 2 is 2.07 bits per heavy atom. The van der Waals surface area contributed by atoms with E-state index in [4.69, 9.17) is 15.6 Å². The summed E-state index contributed by atoms with van der Waals surface area (Å²) >= 11 is 0. The van der Waals surface area contributed by atoms with Crippen molar-refractivity contribution >= 4 is 5.91 Å². The lowest BCUT2D eigenvalue weighted by Crippen LogP contribution is -2.50. The van der Waals surface area contributed by atoms with Gasteiger partial charge in [-0.05, 0) is 5.41 Å². The van der Waals surface area contributed by atoms with Crippen LogP contribution < -0.4 is 11.1 Å². The fourth-order valence-electron chi connectivity index (χ4n) is 1.28. The van der Waals surface area contributed by atoms with E-state index in [0.29, 0.717) is 19.8 Å². The van der Waals surface area contributed by atoms with Gasteiger partial charge in [-0.25, -0.2) is 0 Å². The third-order valence-electron chi connectivity index (χ3n) is 1.98. The number of carbonyl (C=O) groups excluding carboxylic acids is 1. The third kappa shape index (κ3) is 6.43. The van der Waals surface area contributed by atoms with Crippen LogP contribution in [-0.2, 0) is 9.53 Å². The van der Waals surface area contributed by atoms with Crippen LogP contribution >= 0.6 is 0 Å². The Labute approximate surface area is 91.0 Å². The minimum Gasteiger partial charge on any atom is -0.394 e. The van der Waals surface area contributed by atoms with Crippen LogP contribution in [0.2, 0.25) is 0 Å². The summed E-state index contributed by atoms with van der Waals surface area (Å²) in [5.74, 6) is -0.357. The molecule has 0 aliphatic rings. The van der Waals surface area contributed by atoms with Gasteiger partial charge in [0.2, 0.25) is 5.91 Å². The van der Waals surface area contributed by atoms with Crippen molar-refractivity contribution in [2.45, 2.75) is 26.8 Å². The molecule has 0 spiro atoms. The standard InChI is InChI=1S/C10H22N2O3/c1-10(2,3)8(9(11)14)12-4-6-15-7-5-13/h8,12-13H,4-7H2,1-3H3,(H2,11,14)/t8-/m1/s1. The molecule has 4 N–H and O–H groups in total. The summed E-state index contributed by atoms with van der Waals surface area (Å²) in [6.07, 6.45) is 0. The Kier molecular flexibility index (Phi) is 6.47. The summed E-state index contributed by atoms with van der Waals surface area (Å²) in [4.78, 5) is 11.1. The summed E-state index contributed by atoms with van der Waals surface area (Å²) in [7, 11) is 0. The lowest BCUT2D eigenvalue weighted by atomic mass is 9.86. The molecule has 0 bridgehead atoms. The summed E-state index contributed by atoms with van der Waals surface area (Å²) in [5, 5.41) is 11.5. The number of primary amides is 1. The van der Waals surface area contributed by atoms with Gasteiger partial charge in [-0.3, -0.25) is 4.79 Å². The predicted octanol–water partition coefficient (Wildman–Crippen LogP) is -0.515. The molecule has 5 nitrogen and oxygen atoms in total. The monoisotopic (exact) mass is 218 g/mol. The number of nitrogens with one attached hydrogen (secondary N) is 1. The van der Waals surface area contributed by atoms with Crippen molar-refractivity contribution in [3.8, 4) is 0 Å². The second kappa shape index (κ2) is 6.76. The average molecular weight is 218 g/mol. The highest BCUT2D eigenvalue weighted by molar-refractivity contribution is 5.80. The zero-order valence-electron chi connectivity index (χ0n) is 9.75. The first kappa shape index (κ1) is 14.3. The van der Waals surface area contributed by atoms with E-state index in [1.54, 1.807) is 0 Å². The fraction of sp³-hybridized carbons (Fsp3) is 0.900. The molecule has 15 heavy (non-hydrogen) atoms. The van der Waals surface area contributed by atoms with Crippen LogP contribution in [0.25, 0.3) is 0 Å². The van der Waals surface area contributed by atoms with E-state index < -0.39 is 0 Å². The third-order valence-corrected chi connectivity index (χ3v) is 1.98. The minimum atomic E-state index is -0.366. The predicted molar refractivity (Wildman–Crippen MR) is 58.3 cm³/mol. The van der Waals surface area contributed by atoms with Gasteiger partial charge in [0.25, 0.3) is 0 Å². The largest absolute Gasteiger partial charge is 0.394 e. The van der Waals surface area contributed by atoms with Gasteiger partial charge in [0.05, 0.1) is 25.9 Å². The Hall–Kier alpha value is -0.650. The van der Waals surface area contributed by atoms with E-state index >= 15 is 0 Å². The Morgan fingerprint density at radius 3 is 2.47 bits per heavy atom. The number of carbonyl (C=O) groups is 1. The number of ether oxygens (including phenoxy) is 1. The van der Waals surface area contributed by atoms with Gasteiger partial charge in [0, 0.05) is 6.54 Å². The number of hydrogen-bond acceptors (Lipinski definition) is 4. The lowest BCUT2D eigenvalue weighted by molar-refractivity contribution is -0.122. The quantitative estimate of drug-likeness (QED) is 0.502. The van der Waals surface area contributed by atoms with Gasteiger partial charge < -0.3 is 20.9 Å². The van der Waals surface area contributed by atoms with Crippen molar-refractivity contribution in [3.05, 3.63) is 0 Å². The van der Waals surface area contributed by atoms with Crippen LogP contribution in [0, 0.1) is 5.41 Å². The van der Waals surface area contributed by atoms with E-state index in [-0.39, 0.29) is 24.0 Å². The average Bonchev–Trinajstić information content (AvgIpc) is 2.08. The minimum absolute atomic E-state index is 0.0124. The first-order valence-electron chi connectivity index (χ1n) is 5.11. The molecule has 0 fully saturated rings. The number of aliphatic hydroxyl groups excluding tert-OH is 1. The van der Waals surface area contributed by atoms with Crippen LogP contribution in [0.4, 0.5) is 0 Å². The van der Waals surface area contributed by atoms with Crippen molar-refractivity contribution in [1.29, 1.82) is 0 Å². The van der Waals surface area contributed by atoms with Crippen LogP contribution in [-0.4, -0.2) is 43.4 Å². The number of nitrogens with two attached hydrogens (primary N) is 1. The molecular weight excluding hydrogens is 196 g/mol. The van der Waals surface area contributed by atoms with Crippen LogP contribution in [0.3, 0.4) is 0 Å². The van der Waals surface area contributed by atoms with Crippen molar-refractivity contribution in [1.82, 2.24) is 5.32 Å². The van der Waals surface area contributed by atoms with E-state index in [1.165, 1.54) is 0 Å². The SMILES string of the molecule is CC(C)(C)[C@H](NCCOCCO)C(N)=O. The molecule has 0 radical (unpaired) electrons. The molecule has 0 saturated heterocycles. The first-order chi connectivity index (χ1) is 6.89. The summed E-state index contributed by atoms with van der Waals surface area (Å²) in [6, 6.07) is -0.366. The second-order valence-corrected chi connectivity index (χ2v) is 4.49. The molecule has 0 aromatic rings. The number of rotatable bonds is 7. The zero-order valence-corrected chi connectivity index (χ0v) is 9.75. The maximum absolute atomic E-state index is 11.1. The lowest BCUT2D eigenvalue weighted by Gasteiger charge is -2.28. The van der Waals surface area contributed by atoms with Gasteiger partial charge in [0.15, 0.2) is 0 Å². The Morgan fingerprint density at radius 1 is 1.47 bits per heavy atom. The van der Waals surface area contributed by atoms with Crippen molar-refractivity contribution in [3.63, 3.8) is 0 Å². The van der Waals surface area contributed by atoms with Gasteiger partial charge in [-0.2, -0.15) is 0 Å². The highest BCUT2D eigenvalue weighted by Crippen LogP contribution is 2.18. The van der Waals surface area contributed by atoms with Gasteiger partial charge in [-0.15, -0.1) is 0 Å². The fourth-order valence-corrected chi connectivity index (χ4v) is 1.28. The molecular formula is C10H22N2O3. The highest BCUT2D eigenvalue weighted by atomic mass is 16.5. The van der Waals surface area contributed by atoms with E-state index in [1.807, 2.05) is 20.8 Å². The van der Waals surface area contributed by atoms with E-state index in [0.717, 1.165) is 0 Å². The molecule has 0 aliphatic heterocycles. The van der Waals surface area contributed by atoms with Crippen LogP contribution in [0.5, 0.6) is 0 Å². The van der Waals surface area contributed by atoms with Gasteiger partial charge in [-0.1, -0.05) is 20.8 Å². The second-order valence-electron chi connectivity index (χ2n) is 4.49. The van der Waals surface area contributed by atoms with Gasteiger partial charge >= 0.3 is 0 Å². The highest BCUT2D eigenvalue weighted by Gasteiger charge is 2.28. The zero-order chi connectivity index (χ0) is 11.9. The number of aliphatic hydroxyl groups is 1. The maximum Gasteiger partial charge on any atom is 0.235 e. The first-order valence-corrected chi connectivity index (χ1v) is 5.11. The van der Waals surface area contributed by atoms with E-state index in [2.05, 4.69) is 5.32 Å². The molecule has 5 heteroatoms. The molecule has 1 amide bonds. The summed E-state index contributed by atoms with van der Waals surface area (Å²) in [5.41, 5.74) is 5.08. The molecule has 0 unspecified atom stereocenters. The molecule has 0 heterocycles. The van der Waals surface area contributed by atoms with Crippen molar-refractivity contribution in [2.75, 3.05) is 26.4 Å². The Balaban J connectivity index is 3.84. The molecule has 0 aliphatic carbocycles. The number of hydrogen-bond donors (Lipinski definition) is 3. The van der Waals surface area contributed by atoms with Crippen LogP contribution in [0.15, 0.2) is 0 Å². The maximum atomic E-state index is 11.1. The Bertz CT molecular complexity index is 190. The normalized spacial score (nSPS) is 13.9. The molecule has 0 rings (SSSR count). The number of amides is 1. The topological polar surface area (TPSA) is 84.6 Å². The van der Waals surface area contributed by atoms with Crippen LogP contribution in [0.1, 0.15) is 20.8 Å². The summed E-state index contributed by atoms with van der Waals surface area (Å²) in [6.45, 7) is 7.18. The molecule has 0 saturated carbocycles.